The van der Waals surface area contributed by atoms with E-state index >= 15 is 0 Å². The van der Waals surface area contributed by atoms with E-state index in [1.807, 2.05) is 0 Å². The predicted molar refractivity (Wildman–Crippen MR) is 134 cm³/mol. The molecule has 0 atom stereocenters. The van der Waals surface area contributed by atoms with Gasteiger partial charge in [0.25, 0.3) is 0 Å². The molecule has 1 N–H and O–H groups in total. The van der Waals surface area contributed by atoms with E-state index in [-0.39, 0.29) is 5.91 Å². The molecular formula is C27H43NO4. The van der Waals surface area contributed by atoms with Gasteiger partial charge < -0.3 is 19.5 Å². The van der Waals surface area contributed by atoms with Crippen LogP contribution in [0.2, 0.25) is 0 Å². The highest BCUT2D eigenvalue weighted by Gasteiger charge is 2.15. The Kier molecular flexibility index (Phi) is 15.7. The number of hydrogen-bond acceptors (Lipinski definition) is 4. The van der Waals surface area contributed by atoms with Gasteiger partial charge >= 0.3 is 0 Å². The molecule has 180 valence electrons. The Bertz CT molecular complexity index is 672. The molecule has 1 rings (SSSR count). The number of amides is 1. The van der Waals surface area contributed by atoms with Gasteiger partial charge in [-0.05, 0) is 38.5 Å². The summed E-state index contributed by atoms with van der Waals surface area (Å²) >= 11 is 0. The second kappa shape index (κ2) is 18.2. The fraction of sp³-hybridized carbons (Fsp3) is 0.593. The van der Waals surface area contributed by atoms with E-state index in [0.717, 1.165) is 32.1 Å². The van der Waals surface area contributed by atoms with E-state index in [1.165, 1.54) is 38.5 Å². The predicted octanol–water partition coefficient (Wildman–Crippen LogP) is 7.46. The number of nitrogens with one attached hydrogen (secondary N) is 1. The molecule has 0 saturated carbocycles. The lowest BCUT2D eigenvalue weighted by atomic mass is 10.1. The van der Waals surface area contributed by atoms with E-state index in [9.17, 15) is 4.79 Å². The fourth-order valence-electron chi connectivity index (χ4n) is 3.43. The van der Waals surface area contributed by atoms with Gasteiger partial charge in [0, 0.05) is 18.6 Å². The molecule has 0 heterocycles. The molecule has 0 radical (unpaired) electrons. The van der Waals surface area contributed by atoms with Gasteiger partial charge in [0.1, 0.15) is 22.9 Å². The molecule has 0 aliphatic rings. The number of carbonyl (C=O) groups excluding carboxylic acids is 1. The van der Waals surface area contributed by atoms with Crippen molar-refractivity contribution in [3.05, 3.63) is 36.4 Å². The van der Waals surface area contributed by atoms with Crippen molar-refractivity contribution in [3.63, 3.8) is 0 Å². The number of benzene rings is 1. The van der Waals surface area contributed by atoms with Crippen LogP contribution >= 0.6 is 0 Å². The van der Waals surface area contributed by atoms with Gasteiger partial charge in [-0.15, -0.1) is 0 Å². The summed E-state index contributed by atoms with van der Waals surface area (Å²) in [6.07, 6.45) is 22.5. The standard InChI is InChI=1S/C27H43NO4/c1-5-6-7-8-9-10-11-12-13-14-15-16-17-18-19-20-26(29)28-27-24(31-3)21-23(30-2)22-25(27)32-4/h9-10,12-13,21-22H,5-8,11,14-20H2,1-4H3,(H,28,29)/b10-9-,13-12-. The van der Waals surface area contributed by atoms with Crippen LogP contribution in [0.25, 0.3) is 0 Å². The highest BCUT2D eigenvalue weighted by Crippen LogP contribution is 2.39. The average molecular weight is 446 g/mol. The number of unbranched alkanes of at least 4 members (excludes halogenated alkanes) is 8. The minimum absolute atomic E-state index is 0.0301. The third-order valence-electron chi connectivity index (χ3n) is 5.33. The third-order valence-corrected chi connectivity index (χ3v) is 5.33. The summed E-state index contributed by atoms with van der Waals surface area (Å²) in [5, 5.41) is 2.92. The number of anilines is 1. The molecule has 0 aliphatic carbocycles. The van der Waals surface area contributed by atoms with Gasteiger partial charge in [0.05, 0.1) is 21.3 Å². The van der Waals surface area contributed by atoms with Crippen LogP contribution in [0.4, 0.5) is 5.69 Å². The van der Waals surface area contributed by atoms with Crippen LogP contribution in [0.3, 0.4) is 0 Å². The lowest BCUT2D eigenvalue weighted by molar-refractivity contribution is -0.116. The number of rotatable bonds is 18. The quantitative estimate of drug-likeness (QED) is 0.188. The lowest BCUT2D eigenvalue weighted by Crippen LogP contribution is -2.13. The molecule has 0 aliphatic heterocycles. The van der Waals surface area contributed by atoms with Crippen LogP contribution in [0.1, 0.15) is 84.0 Å². The van der Waals surface area contributed by atoms with Crippen LogP contribution < -0.4 is 19.5 Å². The number of methoxy groups -OCH3 is 3. The van der Waals surface area contributed by atoms with Gasteiger partial charge in [0.15, 0.2) is 0 Å². The van der Waals surface area contributed by atoms with Crippen molar-refractivity contribution in [1.82, 2.24) is 0 Å². The summed E-state index contributed by atoms with van der Waals surface area (Å²) in [7, 11) is 4.70. The first kappa shape index (κ1) is 27.6. The second-order valence-corrected chi connectivity index (χ2v) is 7.94. The highest BCUT2D eigenvalue weighted by atomic mass is 16.5. The summed E-state index contributed by atoms with van der Waals surface area (Å²) < 4.78 is 16.0. The zero-order chi connectivity index (χ0) is 23.4. The summed E-state index contributed by atoms with van der Waals surface area (Å²) in [6, 6.07) is 3.47. The van der Waals surface area contributed by atoms with Gasteiger partial charge in [-0.3, -0.25) is 4.79 Å². The van der Waals surface area contributed by atoms with Crippen molar-refractivity contribution >= 4 is 11.6 Å². The van der Waals surface area contributed by atoms with E-state index < -0.39 is 0 Å². The normalized spacial score (nSPS) is 11.2. The maximum Gasteiger partial charge on any atom is 0.224 e. The van der Waals surface area contributed by atoms with Crippen molar-refractivity contribution in [3.8, 4) is 17.2 Å². The summed E-state index contributed by atoms with van der Waals surface area (Å²) in [5.41, 5.74) is 0.545. The number of carbonyl (C=O) groups is 1. The van der Waals surface area contributed by atoms with Crippen LogP contribution in [0, 0.1) is 0 Å². The molecular weight excluding hydrogens is 402 g/mol. The van der Waals surface area contributed by atoms with E-state index in [0.29, 0.717) is 29.4 Å². The molecule has 0 spiro atoms. The Labute approximate surface area is 195 Å². The Balaban J connectivity index is 2.17. The smallest absolute Gasteiger partial charge is 0.224 e. The largest absolute Gasteiger partial charge is 0.496 e. The maximum absolute atomic E-state index is 12.4. The first-order valence-corrected chi connectivity index (χ1v) is 12.1. The molecule has 0 saturated heterocycles. The molecule has 0 aromatic heterocycles. The first-order chi connectivity index (χ1) is 15.7. The third kappa shape index (κ3) is 11.8. The molecule has 1 aromatic carbocycles. The zero-order valence-electron chi connectivity index (χ0n) is 20.6. The van der Waals surface area contributed by atoms with Crippen molar-refractivity contribution in [2.75, 3.05) is 26.6 Å². The van der Waals surface area contributed by atoms with Gasteiger partial charge in [-0.25, -0.2) is 0 Å². The van der Waals surface area contributed by atoms with Crippen molar-refractivity contribution in [2.45, 2.75) is 84.0 Å². The Morgan fingerprint density at radius 2 is 1.34 bits per heavy atom. The average Bonchev–Trinajstić information content (AvgIpc) is 2.81. The molecule has 5 heteroatoms. The van der Waals surface area contributed by atoms with Crippen molar-refractivity contribution in [2.24, 2.45) is 0 Å². The Morgan fingerprint density at radius 3 is 1.91 bits per heavy atom. The molecule has 32 heavy (non-hydrogen) atoms. The summed E-state index contributed by atoms with van der Waals surface area (Å²) in [6.45, 7) is 2.24. The SMILES string of the molecule is CCCCC/C=C\C/C=C\CCCCCCCC(=O)Nc1c(OC)cc(OC)cc1OC. The van der Waals surface area contributed by atoms with Crippen molar-refractivity contribution < 1.29 is 19.0 Å². The molecule has 1 aromatic rings. The zero-order valence-corrected chi connectivity index (χ0v) is 20.6. The van der Waals surface area contributed by atoms with E-state index in [2.05, 4.69) is 36.5 Å². The molecule has 0 bridgehead atoms. The lowest BCUT2D eigenvalue weighted by Gasteiger charge is -2.15. The summed E-state index contributed by atoms with van der Waals surface area (Å²) in [4.78, 5) is 12.4. The van der Waals surface area contributed by atoms with Crippen LogP contribution in [-0.2, 0) is 4.79 Å². The first-order valence-electron chi connectivity index (χ1n) is 12.1. The Hall–Kier alpha value is -2.43. The molecule has 0 fully saturated rings. The number of allylic oxidation sites excluding steroid dienone is 4. The van der Waals surface area contributed by atoms with E-state index in [4.69, 9.17) is 14.2 Å². The molecule has 5 nitrogen and oxygen atoms in total. The minimum atomic E-state index is -0.0301. The van der Waals surface area contributed by atoms with Gasteiger partial charge in [-0.1, -0.05) is 63.3 Å². The maximum atomic E-state index is 12.4. The second-order valence-electron chi connectivity index (χ2n) is 7.94. The molecule has 1 amide bonds. The van der Waals surface area contributed by atoms with Gasteiger partial charge in [0.2, 0.25) is 5.91 Å². The van der Waals surface area contributed by atoms with Crippen LogP contribution in [0.15, 0.2) is 36.4 Å². The fourth-order valence-corrected chi connectivity index (χ4v) is 3.43. The summed E-state index contributed by atoms with van der Waals surface area (Å²) in [5.74, 6) is 1.63. The monoisotopic (exact) mass is 445 g/mol. The number of hydrogen-bond donors (Lipinski definition) is 1. The van der Waals surface area contributed by atoms with Crippen LogP contribution in [0.5, 0.6) is 17.2 Å². The van der Waals surface area contributed by atoms with Gasteiger partial charge in [-0.2, -0.15) is 0 Å². The minimum Gasteiger partial charge on any atom is -0.496 e. The van der Waals surface area contributed by atoms with E-state index in [1.54, 1.807) is 33.5 Å². The molecule has 0 unspecified atom stereocenters. The topological polar surface area (TPSA) is 56.8 Å². The highest BCUT2D eigenvalue weighted by molar-refractivity contribution is 5.94. The number of ether oxygens (including phenoxy) is 3. The van der Waals surface area contributed by atoms with Crippen LogP contribution in [-0.4, -0.2) is 27.2 Å². The Morgan fingerprint density at radius 1 is 0.781 bits per heavy atom. The van der Waals surface area contributed by atoms with Crippen molar-refractivity contribution in [1.29, 1.82) is 0 Å².